The van der Waals surface area contributed by atoms with Crippen LogP contribution in [-0.4, -0.2) is 15.7 Å². The van der Waals surface area contributed by atoms with Gasteiger partial charge in [-0.25, -0.2) is 4.68 Å². The maximum Gasteiger partial charge on any atom is 0.275 e. The van der Waals surface area contributed by atoms with Crippen molar-refractivity contribution in [2.45, 2.75) is 13.1 Å². The first-order valence-corrected chi connectivity index (χ1v) is 8.48. The third-order valence-corrected chi connectivity index (χ3v) is 4.40. The summed E-state index contributed by atoms with van der Waals surface area (Å²) in [5, 5.41) is 10.3. The number of carbonyl (C=O) groups is 1. The second-order valence-electron chi connectivity index (χ2n) is 5.23. The lowest BCUT2D eigenvalue weighted by Crippen LogP contribution is -2.27. The van der Waals surface area contributed by atoms with Crippen molar-refractivity contribution in [1.29, 1.82) is 0 Å². The van der Waals surface area contributed by atoms with Crippen LogP contribution in [0.3, 0.4) is 0 Å². The van der Waals surface area contributed by atoms with Crippen LogP contribution in [0.4, 0.5) is 0 Å². The van der Waals surface area contributed by atoms with Crippen molar-refractivity contribution in [3.05, 3.63) is 68.8 Å². The number of thiophene rings is 1. The number of terminal acetylenes is 1. The molecule has 0 atom stereocenters. The Morgan fingerprint density at radius 1 is 1.28 bits per heavy atom. The molecule has 3 rings (SSSR count). The second kappa shape index (κ2) is 7.60. The number of aromatic nitrogens is 2. The fraction of sp³-hybridized carbons (Fsp3) is 0.105. The minimum absolute atomic E-state index is 0.0862. The summed E-state index contributed by atoms with van der Waals surface area (Å²) in [6.45, 7) is 0.294. The Kier molecular flexibility index (Phi) is 5.07. The van der Waals surface area contributed by atoms with Gasteiger partial charge in [-0.3, -0.25) is 9.59 Å². The highest BCUT2D eigenvalue weighted by molar-refractivity contribution is 7.10. The number of hydrogen-bond acceptors (Lipinski definition) is 4. The lowest BCUT2D eigenvalue weighted by Gasteiger charge is -2.09. The molecule has 124 valence electrons. The summed E-state index contributed by atoms with van der Waals surface area (Å²) in [7, 11) is 0. The monoisotopic (exact) mass is 349 g/mol. The highest BCUT2D eigenvalue weighted by atomic mass is 32.1. The van der Waals surface area contributed by atoms with Gasteiger partial charge in [-0.05, 0) is 23.6 Å². The molecule has 0 unspecified atom stereocenters. The molecule has 1 N–H and O–H groups in total. The Labute approximate surface area is 148 Å². The van der Waals surface area contributed by atoms with Crippen LogP contribution in [0.15, 0.2) is 52.6 Å². The molecule has 1 amide bonds. The third-order valence-electron chi connectivity index (χ3n) is 3.56. The largest absolute Gasteiger partial charge is 0.347 e. The molecule has 0 saturated heterocycles. The summed E-state index contributed by atoms with van der Waals surface area (Å²) < 4.78 is 1.24. The van der Waals surface area contributed by atoms with Gasteiger partial charge in [0.05, 0.1) is 17.6 Å². The molecule has 6 heteroatoms. The molecule has 0 radical (unpaired) electrons. The Hall–Kier alpha value is -3.17. The van der Waals surface area contributed by atoms with Crippen molar-refractivity contribution >= 4 is 34.1 Å². The van der Waals surface area contributed by atoms with E-state index >= 15 is 0 Å². The van der Waals surface area contributed by atoms with Gasteiger partial charge in [0.1, 0.15) is 6.54 Å². The van der Waals surface area contributed by atoms with E-state index in [0.717, 1.165) is 4.88 Å². The van der Waals surface area contributed by atoms with E-state index in [9.17, 15) is 9.59 Å². The van der Waals surface area contributed by atoms with Gasteiger partial charge in [0, 0.05) is 16.3 Å². The van der Waals surface area contributed by atoms with E-state index < -0.39 is 0 Å². The zero-order valence-electron chi connectivity index (χ0n) is 13.3. The smallest absolute Gasteiger partial charge is 0.275 e. The zero-order valence-corrected chi connectivity index (χ0v) is 14.1. The summed E-state index contributed by atoms with van der Waals surface area (Å²) in [6.07, 6.45) is 8.54. The Morgan fingerprint density at radius 3 is 2.80 bits per heavy atom. The molecule has 25 heavy (non-hydrogen) atoms. The van der Waals surface area contributed by atoms with E-state index in [-0.39, 0.29) is 24.6 Å². The molecule has 0 aliphatic carbocycles. The van der Waals surface area contributed by atoms with Gasteiger partial charge in [-0.1, -0.05) is 30.2 Å². The summed E-state index contributed by atoms with van der Waals surface area (Å²) >= 11 is 1.55. The molecule has 0 bridgehead atoms. The highest BCUT2D eigenvalue weighted by Gasteiger charge is 2.10. The van der Waals surface area contributed by atoms with Gasteiger partial charge in [0.2, 0.25) is 5.91 Å². The number of nitrogens with zero attached hydrogens (tertiary/aromatic N) is 2. The van der Waals surface area contributed by atoms with Crippen LogP contribution >= 0.6 is 11.3 Å². The van der Waals surface area contributed by atoms with Gasteiger partial charge >= 0.3 is 0 Å². The van der Waals surface area contributed by atoms with Crippen molar-refractivity contribution < 1.29 is 4.79 Å². The molecular formula is C19H15N3O2S. The number of nitrogens with one attached hydrogen (secondary N) is 1. The first-order valence-electron chi connectivity index (χ1n) is 7.60. The maximum absolute atomic E-state index is 12.4. The molecule has 0 aliphatic rings. The van der Waals surface area contributed by atoms with Crippen LogP contribution in [0.25, 0.3) is 16.8 Å². The quantitative estimate of drug-likeness (QED) is 0.568. The van der Waals surface area contributed by atoms with Gasteiger partial charge < -0.3 is 5.32 Å². The number of carbonyl (C=O) groups excluding carboxylic acids is 1. The van der Waals surface area contributed by atoms with Crippen molar-refractivity contribution in [2.75, 3.05) is 0 Å². The average Bonchev–Trinajstić information content (AvgIpc) is 3.15. The van der Waals surface area contributed by atoms with Gasteiger partial charge in [0.25, 0.3) is 5.56 Å². The van der Waals surface area contributed by atoms with Crippen LogP contribution in [0.2, 0.25) is 0 Å². The normalized spacial score (nSPS) is 10.8. The highest BCUT2D eigenvalue weighted by Crippen LogP contribution is 2.13. The fourth-order valence-corrected chi connectivity index (χ4v) is 3.02. The topological polar surface area (TPSA) is 64.0 Å². The molecular weight excluding hydrogens is 334 g/mol. The molecule has 5 nitrogen and oxygen atoms in total. The number of rotatable bonds is 5. The predicted octanol–water partition coefficient (Wildman–Crippen LogP) is 2.42. The number of benzene rings is 1. The SMILES string of the molecule is C#CCn1nc(CNC(=O)/C=C/c2cccs2)c2ccccc2c1=O. The van der Waals surface area contributed by atoms with Crippen LogP contribution < -0.4 is 10.9 Å². The van der Waals surface area contributed by atoms with Crippen molar-refractivity contribution in [2.24, 2.45) is 0 Å². The van der Waals surface area contributed by atoms with Crippen LogP contribution in [0.1, 0.15) is 10.6 Å². The number of hydrogen-bond donors (Lipinski definition) is 1. The molecule has 0 fully saturated rings. The first-order chi connectivity index (χ1) is 12.2. The van der Waals surface area contributed by atoms with E-state index in [2.05, 4.69) is 16.3 Å². The number of amides is 1. The average molecular weight is 349 g/mol. The lowest BCUT2D eigenvalue weighted by molar-refractivity contribution is -0.116. The van der Waals surface area contributed by atoms with Crippen LogP contribution in [0, 0.1) is 12.3 Å². The molecule has 0 saturated carbocycles. The standard InChI is InChI=1S/C19H15N3O2S/c1-2-11-22-19(24)16-8-4-3-7-15(16)17(21-22)13-20-18(23)10-9-14-6-5-12-25-14/h1,3-10,12H,11,13H2,(H,20,23)/b10-9+. The lowest BCUT2D eigenvalue weighted by atomic mass is 10.1. The number of fused-ring (bicyclic) bond motifs is 1. The van der Waals surface area contributed by atoms with E-state index in [1.807, 2.05) is 29.6 Å². The molecule has 0 spiro atoms. The van der Waals surface area contributed by atoms with E-state index in [1.54, 1.807) is 29.5 Å². The Bertz CT molecular complexity index is 1030. The van der Waals surface area contributed by atoms with E-state index in [4.69, 9.17) is 6.42 Å². The second-order valence-corrected chi connectivity index (χ2v) is 6.21. The predicted molar refractivity (Wildman–Crippen MR) is 100 cm³/mol. The summed E-state index contributed by atoms with van der Waals surface area (Å²) in [5.41, 5.74) is 0.365. The van der Waals surface area contributed by atoms with Crippen LogP contribution in [0.5, 0.6) is 0 Å². The van der Waals surface area contributed by atoms with E-state index in [1.165, 1.54) is 10.8 Å². The van der Waals surface area contributed by atoms with Gasteiger partial charge in [-0.15, -0.1) is 17.8 Å². The van der Waals surface area contributed by atoms with E-state index in [0.29, 0.717) is 16.5 Å². The molecule has 2 heterocycles. The maximum atomic E-state index is 12.4. The minimum atomic E-state index is -0.235. The third kappa shape index (κ3) is 3.84. The zero-order chi connectivity index (χ0) is 17.6. The van der Waals surface area contributed by atoms with Gasteiger partial charge in [-0.2, -0.15) is 5.10 Å². The Morgan fingerprint density at radius 2 is 2.08 bits per heavy atom. The van der Waals surface area contributed by atoms with Gasteiger partial charge in [0.15, 0.2) is 0 Å². The fourth-order valence-electron chi connectivity index (χ4n) is 2.40. The minimum Gasteiger partial charge on any atom is -0.347 e. The molecule has 0 aliphatic heterocycles. The summed E-state index contributed by atoms with van der Waals surface area (Å²) in [4.78, 5) is 25.4. The molecule has 3 aromatic rings. The van der Waals surface area contributed by atoms with Crippen molar-refractivity contribution in [1.82, 2.24) is 15.1 Å². The van der Waals surface area contributed by atoms with Crippen LogP contribution in [-0.2, 0) is 17.9 Å². The first kappa shape index (κ1) is 16.7. The van der Waals surface area contributed by atoms with Crippen molar-refractivity contribution in [3.8, 4) is 12.3 Å². The molecule has 1 aromatic carbocycles. The summed E-state index contributed by atoms with van der Waals surface area (Å²) in [6, 6.07) is 11.0. The Balaban J connectivity index is 1.83. The van der Waals surface area contributed by atoms with Crippen molar-refractivity contribution in [3.63, 3.8) is 0 Å². The molecule has 2 aromatic heterocycles. The summed E-state index contributed by atoms with van der Waals surface area (Å²) in [5.74, 6) is 2.19.